The van der Waals surface area contributed by atoms with Gasteiger partial charge in [0.25, 0.3) is 0 Å². The lowest BCUT2D eigenvalue weighted by molar-refractivity contribution is -0.140. The van der Waals surface area contributed by atoms with Gasteiger partial charge in [0.05, 0.1) is 11.9 Å². The van der Waals surface area contributed by atoms with Crippen LogP contribution in [0.25, 0.3) is 0 Å². The lowest BCUT2D eigenvalue weighted by Gasteiger charge is -2.33. The number of carbonyl (C=O) groups excluding carboxylic acids is 2. The molecule has 1 N–H and O–H groups in total. The molecule has 2 amide bonds. The Bertz CT molecular complexity index is 1140. The Labute approximate surface area is 208 Å². The molecule has 0 spiro atoms. The molecule has 186 valence electrons. The molecule has 34 heavy (non-hydrogen) atoms. The van der Waals surface area contributed by atoms with Gasteiger partial charge in [-0.15, -0.1) is 0 Å². The second-order valence-electron chi connectivity index (χ2n) is 9.62. The van der Waals surface area contributed by atoms with Crippen molar-refractivity contribution in [3.8, 4) is 0 Å². The number of carbonyl (C=O) groups is 2. The summed E-state index contributed by atoms with van der Waals surface area (Å²) in [4.78, 5) is 27.9. The van der Waals surface area contributed by atoms with E-state index in [4.69, 9.17) is 11.6 Å². The number of hydrogen-bond acceptors (Lipinski definition) is 4. The Morgan fingerprint density at radius 3 is 2.15 bits per heavy atom. The number of sulfonamides is 1. The quantitative estimate of drug-likeness (QED) is 0.583. The molecule has 0 unspecified atom stereocenters. The first-order chi connectivity index (χ1) is 15.6. The zero-order valence-corrected chi connectivity index (χ0v) is 22.4. The summed E-state index contributed by atoms with van der Waals surface area (Å²) in [7, 11) is -3.77. The first-order valence-corrected chi connectivity index (χ1v) is 13.2. The summed E-state index contributed by atoms with van der Waals surface area (Å²) in [6.45, 7) is 10.6. The molecule has 9 heteroatoms. The van der Waals surface area contributed by atoms with Gasteiger partial charge in [0.1, 0.15) is 12.6 Å². The fourth-order valence-electron chi connectivity index (χ4n) is 3.52. The SMILES string of the molecule is Cc1ccc(N(CC(=O)N(Cc2ccc(Cl)cc2)[C@H](C)C(=O)NC(C)(C)C)S(C)(=O)=O)c(C)c1. The van der Waals surface area contributed by atoms with E-state index in [1.54, 1.807) is 50.2 Å². The Kier molecular flexibility index (Phi) is 8.77. The van der Waals surface area contributed by atoms with Crippen LogP contribution < -0.4 is 9.62 Å². The number of nitrogens with one attached hydrogen (secondary N) is 1. The maximum absolute atomic E-state index is 13.5. The van der Waals surface area contributed by atoms with E-state index in [9.17, 15) is 18.0 Å². The third-order valence-corrected chi connectivity index (χ3v) is 6.61. The van der Waals surface area contributed by atoms with Crippen LogP contribution in [0.2, 0.25) is 5.02 Å². The molecule has 0 fully saturated rings. The van der Waals surface area contributed by atoms with E-state index in [-0.39, 0.29) is 12.5 Å². The number of anilines is 1. The summed E-state index contributed by atoms with van der Waals surface area (Å²) in [6, 6.07) is 11.5. The topological polar surface area (TPSA) is 86.8 Å². The third-order valence-electron chi connectivity index (χ3n) is 5.23. The van der Waals surface area contributed by atoms with Crippen LogP contribution in [0, 0.1) is 13.8 Å². The van der Waals surface area contributed by atoms with Crippen LogP contribution in [-0.2, 0) is 26.2 Å². The number of nitrogens with zero attached hydrogens (tertiary/aromatic N) is 2. The highest BCUT2D eigenvalue weighted by atomic mass is 35.5. The lowest BCUT2D eigenvalue weighted by Crippen LogP contribution is -2.54. The molecule has 2 aromatic carbocycles. The van der Waals surface area contributed by atoms with E-state index in [0.29, 0.717) is 10.7 Å². The maximum Gasteiger partial charge on any atom is 0.244 e. The van der Waals surface area contributed by atoms with Crippen molar-refractivity contribution in [2.45, 2.75) is 59.7 Å². The molecular weight excluding hydrogens is 474 g/mol. The van der Waals surface area contributed by atoms with E-state index < -0.39 is 34.1 Å². The van der Waals surface area contributed by atoms with Crippen molar-refractivity contribution in [3.05, 3.63) is 64.2 Å². The van der Waals surface area contributed by atoms with Gasteiger partial charge in [-0.2, -0.15) is 0 Å². The van der Waals surface area contributed by atoms with Crippen LogP contribution in [0.5, 0.6) is 0 Å². The van der Waals surface area contributed by atoms with Gasteiger partial charge in [0.15, 0.2) is 0 Å². The predicted molar refractivity (Wildman–Crippen MR) is 137 cm³/mol. The molecular formula is C25H34ClN3O4S. The molecule has 0 saturated carbocycles. The van der Waals surface area contributed by atoms with E-state index in [1.165, 1.54) is 4.90 Å². The fraction of sp³-hybridized carbons (Fsp3) is 0.440. The monoisotopic (exact) mass is 507 g/mol. The summed E-state index contributed by atoms with van der Waals surface area (Å²) in [5.74, 6) is -0.816. The van der Waals surface area contributed by atoms with Crippen molar-refractivity contribution in [1.82, 2.24) is 10.2 Å². The smallest absolute Gasteiger partial charge is 0.244 e. The average Bonchev–Trinajstić information content (AvgIpc) is 2.69. The van der Waals surface area contributed by atoms with Gasteiger partial charge in [-0.1, -0.05) is 41.4 Å². The minimum Gasteiger partial charge on any atom is -0.350 e. The van der Waals surface area contributed by atoms with Crippen LogP contribution in [0.3, 0.4) is 0 Å². The zero-order valence-electron chi connectivity index (χ0n) is 20.8. The summed E-state index contributed by atoms with van der Waals surface area (Å²) in [5.41, 5.74) is 2.43. The largest absolute Gasteiger partial charge is 0.350 e. The first kappa shape index (κ1) is 27.7. The fourth-order valence-corrected chi connectivity index (χ4v) is 4.56. The summed E-state index contributed by atoms with van der Waals surface area (Å²) < 4.78 is 26.4. The van der Waals surface area contributed by atoms with Crippen molar-refractivity contribution < 1.29 is 18.0 Å². The molecule has 7 nitrogen and oxygen atoms in total. The molecule has 0 bridgehead atoms. The van der Waals surface area contributed by atoms with Gasteiger partial charge in [-0.25, -0.2) is 8.42 Å². The van der Waals surface area contributed by atoms with Crippen LogP contribution in [0.15, 0.2) is 42.5 Å². The molecule has 1 atom stereocenters. The summed E-state index contributed by atoms with van der Waals surface area (Å²) >= 11 is 5.99. The van der Waals surface area contributed by atoms with Crippen molar-refractivity contribution in [1.29, 1.82) is 0 Å². The molecule has 0 aliphatic heterocycles. The Morgan fingerprint density at radius 1 is 1.06 bits per heavy atom. The molecule has 0 aliphatic carbocycles. The Morgan fingerprint density at radius 2 is 1.65 bits per heavy atom. The Balaban J connectivity index is 2.43. The van der Waals surface area contributed by atoms with Crippen molar-refractivity contribution in [3.63, 3.8) is 0 Å². The number of hydrogen-bond donors (Lipinski definition) is 1. The number of amides is 2. The minimum atomic E-state index is -3.77. The highest BCUT2D eigenvalue weighted by molar-refractivity contribution is 7.92. The lowest BCUT2D eigenvalue weighted by atomic mass is 10.1. The highest BCUT2D eigenvalue weighted by Gasteiger charge is 2.31. The summed E-state index contributed by atoms with van der Waals surface area (Å²) in [5, 5.41) is 3.45. The van der Waals surface area contributed by atoms with Crippen molar-refractivity contribution in [2.75, 3.05) is 17.1 Å². The van der Waals surface area contributed by atoms with E-state index in [2.05, 4.69) is 5.32 Å². The van der Waals surface area contributed by atoms with Crippen LogP contribution in [-0.4, -0.2) is 49.5 Å². The second kappa shape index (κ2) is 10.8. The van der Waals surface area contributed by atoms with E-state index in [1.807, 2.05) is 33.8 Å². The number of rotatable bonds is 8. The maximum atomic E-state index is 13.5. The normalized spacial score (nSPS) is 12.7. The van der Waals surface area contributed by atoms with Gasteiger partial charge in [0, 0.05) is 17.1 Å². The molecule has 0 aromatic heterocycles. The Hall–Kier alpha value is -2.58. The van der Waals surface area contributed by atoms with Crippen molar-refractivity contribution >= 4 is 39.1 Å². The molecule has 2 rings (SSSR count). The molecule has 0 radical (unpaired) electrons. The molecule has 2 aromatic rings. The highest BCUT2D eigenvalue weighted by Crippen LogP contribution is 2.24. The number of halogens is 1. The average molecular weight is 508 g/mol. The molecule has 0 aliphatic rings. The van der Waals surface area contributed by atoms with Gasteiger partial charge in [-0.05, 0) is 70.9 Å². The number of aryl methyl sites for hydroxylation is 2. The van der Waals surface area contributed by atoms with Crippen LogP contribution in [0.1, 0.15) is 44.4 Å². The molecule has 0 saturated heterocycles. The summed E-state index contributed by atoms with van der Waals surface area (Å²) in [6.07, 6.45) is 1.07. The van der Waals surface area contributed by atoms with Crippen LogP contribution >= 0.6 is 11.6 Å². The molecule has 0 heterocycles. The zero-order chi connectivity index (χ0) is 25.8. The third kappa shape index (κ3) is 7.74. The predicted octanol–water partition coefficient (Wildman–Crippen LogP) is 4.05. The van der Waals surface area contributed by atoms with Gasteiger partial charge < -0.3 is 10.2 Å². The van der Waals surface area contributed by atoms with E-state index >= 15 is 0 Å². The van der Waals surface area contributed by atoms with Crippen molar-refractivity contribution in [2.24, 2.45) is 0 Å². The van der Waals surface area contributed by atoms with Gasteiger partial charge >= 0.3 is 0 Å². The van der Waals surface area contributed by atoms with Crippen LogP contribution in [0.4, 0.5) is 5.69 Å². The van der Waals surface area contributed by atoms with Gasteiger partial charge in [0.2, 0.25) is 21.8 Å². The number of benzene rings is 2. The second-order valence-corrected chi connectivity index (χ2v) is 12.0. The minimum absolute atomic E-state index is 0.124. The van der Waals surface area contributed by atoms with E-state index in [0.717, 1.165) is 27.3 Å². The van der Waals surface area contributed by atoms with Gasteiger partial charge in [-0.3, -0.25) is 13.9 Å². The first-order valence-electron chi connectivity index (χ1n) is 11.0. The standard InChI is InChI=1S/C25H34ClN3O4S/c1-17-8-13-22(18(2)14-17)29(34(7,32)33)16-23(30)28(15-20-9-11-21(26)12-10-20)19(3)24(31)27-25(4,5)6/h8-14,19H,15-16H2,1-7H3,(H,27,31)/t19-/m1/s1.